The van der Waals surface area contributed by atoms with E-state index in [9.17, 15) is 18.8 Å². The normalized spacial score (nSPS) is 14.7. The highest BCUT2D eigenvalue weighted by Gasteiger charge is 2.26. The van der Waals surface area contributed by atoms with Crippen molar-refractivity contribution in [1.29, 1.82) is 0 Å². The highest BCUT2D eigenvalue weighted by molar-refractivity contribution is 7.18. The second kappa shape index (κ2) is 9.20. The Morgan fingerprint density at radius 1 is 1.25 bits per heavy atom. The molecule has 3 heterocycles. The quantitative estimate of drug-likeness (QED) is 0.617. The largest absolute Gasteiger partial charge is 0.353 e. The molecule has 1 aliphatic rings. The standard InChI is InChI=1S/C23H25FN4O3S/c1-13-14(2)32-22-20(13)21(30)26-18(27-22)7-8-19(29)25-15-9-11-28(12-10-15)23(31)16-5-3-4-6-17(16)24/h3-6,15H,7-12H2,1-2H3,(H,25,29)(H,26,27,30). The summed E-state index contributed by atoms with van der Waals surface area (Å²) < 4.78 is 13.9. The van der Waals surface area contributed by atoms with Gasteiger partial charge in [0.2, 0.25) is 5.91 Å². The first-order valence-corrected chi connectivity index (χ1v) is 11.5. The van der Waals surface area contributed by atoms with Gasteiger partial charge >= 0.3 is 0 Å². The zero-order valence-corrected chi connectivity index (χ0v) is 18.9. The average molecular weight is 457 g/mol. The van der Waals surface area contributed by atoms with E-state index < -0.39 is 5.82 Å². The van der Waals surface area contributed by atoms with Crippen LogP contribution in [0.3, 0.4) is 0 Å². The number of carbonyl (C=O) groups is 2. The van der Waals surface area contributed by atoms with E-state index in [2.05, 4.69) is 15.3 Å². The molecular weight excluding hydrogens is 431 g/mol. The zero-order chi connectivity index (χ0) is 22.8. The molecule has 0 radical (unpaired) electrons. The number of aromatic amines is 1. The number of rotatable bonds is 5. The Kier molecular flexibility index (Phi) is 6.36. The van der Waals surface area contributed by atoms with Crippen LogP contribution in [0, 0.1) is 19.7 Å². The lowest BCUT2D eigenvalue weighted by molar-refractivity contribution is -0.122. The van der Waals surface area contributed by atoms with E-state index in [1.807, 2.05) is 13.8 Å². The number of hydrogen-bond acceptors (Lipinski definition) is 5. The topological polar surface area (TPSA) is 95.2 Å². The third kappa shape index (κ3) is 4.57. The Morgan fingerprint density at radius 2 is 1.97 bits per heavy atom. The number of H-pyrrole nitrogens is 1. The molecule has 0 unspecified atom stereocenters. The number of likely N-dealkylation sites (tertiary alicyclic amines) is 1. The maximum Gasteiger partial charge on any atom is 0.259 e. The highest BCUT2D eigenvalue weighted by Crippen LogP contribution is 2.25. The molecule has 0 saturated carbocycles. The molecule has 3 aromatic rings. The summed E-state index contributed by atoms with van der Waals surface area (Å²) in [5, 5.41) is 3.62. The maximum absolute atomic E-state index is 13.9. The number of halogens is 1. The first-order valence-electron chi connectivity index (χ1n) is 10.7. The van der Waals surface area contributed by atoms with Crippen LogP contribution in [0.5, 0.6) is 0 Å². The molecule has 1 aromatic carbocycles. The Hall–Kier alpha value is -3.07. The van der Waals surface area contributed by atoms with Crippen molar-refractivity contribution in [3.8, 4) is 0 Å². The molecule has 1 saturated heterocycles. The predicted molar refractivity (Wildman–Crippen MR) is 122 cm³/mol. The van der Waals surface area contributed by atoms with Crippen LogP contribution >= 0.6 is 11.3 Å². The number of thiophene rings is 1. The van der Waals surface area contributed by atoms with Crippen LogP contribution in [0.25, 0.3) is 10.2 Å². The number of hydrogen-bond donors (Lipinski definition) is 2. The summed E-state index contributed by atoms with van der Waals surface area (Å²) in [5.74, 6) is -0.461. The van der Waals surface area contributed by atoms with Crippen LogP contribution in [0.1, 0.15) is 45.9 Å². The summed E-state index contributed by atoms with van der Waals surface area (Å²) >= 11 is 1.48. The van der Waals surface area contributed by atoms with Crippen LogP contribution in [0.15, 0.2) is 29.1 Å². The third-order valence-corrected chi connectivity index (χ3v) is 7.03. The van der Waals surface area contributed by atoms with Gasteiger partial charge in [-0.2, -0.15) is 0 Å². The molecule has 4 rings (SSSR count). The molecule has 0 aliphatic carbocycles. The lowest BCUT2D eigenvalue weighted by Gasteiger charge is -2.32. The molecular formula is C23H25FN4O3S. The summed E-state index contributed by atoms with van der Waals surface area (Å²) in [7, 11) is 0. The van der Waals surface area contributed by atoms with Crippen LogP contribution in [-0.4, -0.2) is 45.8 Å². The monoisotopic (exact) mass is 456 g/mol. The molecule has 2 amide bonds. The van der Waals surface area contributed by atoms with E-state index >= 15 is 0 Å². The van der Waals surface area contributed by atoms with Gasteiger partial charge in [-0.3, -0.25) is 14.4 Å². The average Bonchev–Trinajstić information content (AvgIpc) is 3.06. The smallest absolute Gasteiger partial charge is 0.259 e. The minimum atomic E-state index is -0.523. The third-order valence-electron chi connectivity index (χ3n) is 5.93. The Bertz CT molecular complexity index is 1230. The molecule has 168 valence electrons. The van der Waals surface area contributed by atoms with Gasteiger partial charge < -0.3 is 15.2 Å². The van der Waals surface area contributed by atoms with Crippen molar-refractivity contribution >= 4 is 33.4 Å². The van der Waals surface area contributed by atoms with Gasteiger partial charge in [0, 0.05) is 36.9 Å². The van der Waals surface area contributed by atoms with E-state index in [4.69, 9.17) is 0 Å². The van der Waals surface area contributed by atoms with Crippen LogP contribution in [0.4, 0.5) is 4.39 Å². The molecule has 0 spiro atoms. The van der Waals surface area contributed by atoms with Crippen LogP contribution < -0.4 is 10.9 Å². The number of piperidine rings is 1. The summed E-state index contributed by atoms with van der Waals surface area (Å²) in [5.41, 5.74) is 0.853. The van der Waals surface area contributed by atoms with Crippen molar-refractivity contribution in [2.24, 2.45) is 0 Å². The first kappa shape index (κ1) is 22.1. The van der Waals surface area contributed by atoms with Crippen LogP contribution in [-0.2, 0) is 11.2 Å². The number of amides is 2. The van der Waals surface area contributed by atoms with Gasteiger partial charge in [0.1, 0.15) is 16.5 Å². The lowest BCUT2D eigenvalue weighted by atomic mass is 10.0. The number of nitrogens with zero attached hydrogens (tertiary/aromatic N) is 2. The van der Waals surface area contributed by atoms with Crippen molar-refractivity contribution in [2.75, 3.05) is 13.1 Å². The Morgan fingerprint density at radius 3 is 2.69 bits per heavy atom. The second-order valence-electron chi connectivity index (χ2n) is 8.09. The minimum absolute atomic E-state index is 0.0377. The number of aromatic nitrogens is 2. The summed E-state index contributed by atoms with van der Waals surface area (Å²) in [6.07, 6.45) is 1.78. The second-order valence-corrected chi connectivity index (χ2v) is 9.29. The molecule has 7 nitrogen and oxygen atoms in total. The zero-order valence-electron chi connectivity index (χ0n) is 18.0. The molecule has 0 bridgehead atoms. The molecule has 9 heteroatoms. The molecule has 32 heavy (non-hydrogen) atoms. The van der Waals surface area contributed by atoms with Crippen molar-refractivity contribution in [3.63, 3.8) is 0 Å². The van der Waals surface area contributed by atoms with Gasteiger partial charge in [0.25, 0.3) is 11.5 Å². The predicted octanol–water partition coefficient (Wildman–Crippen LogP) is 3.09. The van der Waals surface area contributed by atoms with Crippen molar-refractivity contribution < 1.29 is 14.0 Å². The fourth-order valence-electron chi connectivity index (χ4n) is 3.98. The summed E-state index contributed by atoms with van der Waals surface area (Å²) in [6, 6.07) is 5.92. The number of aryl methyl sites for hydroxylation is 3. The number of nitrogens with one attached hydrogen (secondary N) is 2. The molecule has 1 fully saturated rings. The first-order chi connectivity index (χ1) is 15.3. The minimum Gasteiger partial charge on any atom is -0.353 e. The van der Waals surface area contributed by atoms with Gasteiger partial charge in [-0.25, -0.2) is 9.37 Å². The molecule has 1 aliphatic heterocycles. The van der Waals surface area contributed by atoms with Crippen molar-refractivity contribution in [1.82, 2.24) is 20.2 Å². The number of fused-ring (bicyclic) bond motifs is 1. The number of benzene rings is 1. The molecule has 0 atom stereocenters. The SMILES string of the molecule is Cc1sc2nc(CCC(=O)NC3CCN(C(=O)c4ccccc4F)CC3)[nH]c(=O)c2c1C. The fourth-order valence-corrected chi connectivity index (χ4v) is 5.03. The van der Waals surface area contributed by atoms with E-state index in [0.29, 0.717) is 48.4 Å². The van der Waals surface area contributed by atoms with Crippen molar-refractivity contribution in [2.45, 2.75) is 45.6 Å². The van der Waals surface area contributed by atoms with Crippen molar-refractivity contribution in [3.05, 3.63) is 62.3 Å². The Balaban J connectivity index is 1.28. The Labute approximate surface area is 188 Å². The van der Waals surface area contributed by atoms with Gasteiger partial charge in [-0.05, 0) is 44.4 Å². The summed E-state index contributed by atoms with van der Waals surface area (Å²) in [4.78, 5) is 48.0. The fraction of sp³-hybridized carbons (Fsp3) is 0.391. The lowest BCUT2D eigenvalue weighted by Crippen LogP contribution is -2.46. The maximum atomic E-state index is 13.9. The van der Waals surface area contributed by atoms with Crippen LogP contribution in [0.2, 0.25) is 0 Å². The van der Waals surface area contributed by atoms with E-state index in [1.165, 1.54) is 23.5 Å². The van der Waals surface area contributed by atoms with E-state index in [0.717, 1.165) is 10.4 Å². The number of carbonyl (C=O) groups excluding carboxylic acids is 2. The highest BCUT2D eigenvalue weighted by atomic mass is 32.1. The molecule has 2 N–H and O–H groups in total. The van der Waals surface area contributed by atoms with Gasteiger partial charge in [-0.1, -0.05) is 12.1 Å². The van der Waals surface area contributed by atoms with Gasteiger partial charge in [0.15, 0.2) is 0 Å². The summed E-state index contributed by atoms with van der Waals surface area (Å²) in [6.45, 7) is 4.79. The van der Waals surface area contributed by atoms with E-state index in [-0.39, 0.29) is 35.4 Å². The van der Waals surface area contributed by atoms with Gasteiger partial charge in [0.05, 0.1) is 10.9 Å². The molecule has 2 aromatic heterocycles. The van der Waals surface area contributed by atoms with Gasteiger partial charge in [-0.15, -0.1) is 11.3 Å². The van der Waals surface area contributed by atoms with E-state index in [1.54, 1.807) is 17.0 Å².